The van der Waals surface area contributed by atoms with Gasteiger partial charge in [-0.1, -0.05) is 12.1 Å². The van der Waals surface area contributed by atoms with E-state index in [0.717, 1.165) is 12.1 Å². The average Bonchev–Trinajstić information content (AvgIpc) is 2.01. The summed E-state index contributed by atoms with van der Waals surface area (Å²) in [6, 6.07) is 4.81. The van der Waals surface area contributed by atoms with E-state index in [1.807, 2.05) is 0 Å². The van der Waals surface area contributed by atoms with Crippen molar-refractivity contribution in [3.63, 3.8) is 0 Å². The van der Waals surface area contributed by atoms with Crippen LogP contribution < -0.4 is 5.06 Å². The van der Waals surface area contributed by atoms with E-state index in [1.54, 1.807) is 0 Å². The van der Waals surface area contributed by atoms with Crippen LogP contribution in [0.3, 0.4) is 0 Å². The number of rotatable bonds is 2. The van der Waals surface area contributed by atoms with Crippen molar-refractivity contribution in [2.24, 2.45) is 0 Å². The summed E-state index contributed by atoms with van der Waals surface area (Å²) in [5, 5.41) is 10.5. The molecule has 1 aromatic carbocycles. The van der Waals surface area contributed by atoms with Crippen LogP contribution in [0, 0.1) is 5.21 Å². The molecule has 0 saturated heterocycles. The molecular weight excluding hydrogens is 195 g/mol. The Morgan fingerprint density at radius 1 is 1.36 bits per heavy atom. The molecule has 0 aromatic heterocycles. The third-order valence-electron chi connectivity index (χ3n) is 1.71. The molecule has 78 valence electrons. The van der Waals surface area contributed by atoms with Crippen molar-refractivity contribution >= 4 is 0 Å². The first kappa shape index (κ1) is 11.0. The number of benzene rings is 1. The third-order valence-corrected chi connectivity index (χ3v) is 1.71. The first-order valence-corrected chi connectivity index (χ1v) is 4.05. The number of hydroxylamine groups is 2. The van der Waals surface area contributed by atoms with Crippen molar-refractivity contribution in [2.75, 3.05) is 7.05 Å². The lowest BCUT2D eigenvalue weighted by atomic mass is 10.1. The zero-order valence-corrected chi connectivity index (χ0v) is 7.56. The lowest BCUT2D eigenvalue weighted by Crippen LogP contribution is -3.02. The van der Waals surface area contributed by atoms with Gasteiger partial charge in [-0.3, -0.25) is 0 Å². The van der Waals surface area contributed by atoms with Crippen LogP contribution in [-0.4, -0.2) is 7.05 Å². The van der Waals surface area contributed by atoms with Crippen LogP contribution in [0.15, 0.2) is 24.3 Å². The van der Waals surface area contributed by atoms with Gasteiger partial charge in [0.25, 0.3) is 0 Å². The van der Waals surface area contributed by atoms with Gasteiger partial charge in [0.1, 0.15) is 6.54 Å². The zero-order valence-electron chi connectivity index (χ0n) is 7.56. The Hall–Kier alpha value is -1.07. The van der Waals surface area contributed by atoms with Crippen LogP contribution in [0.5, 0.6) is 0 Å². The van der Waals surface area contributed by atoms with E-state index in [9.17, 15) is 18.4 Å². The normalized spacial score (nSPS) is 14.1. The largest absolute Gasteiger partial charge is 0.634 e. The van der Waals surface area contributed by atoms with E-state index < -0.39 is 11.7 Å². The Kier molecular flexibility index (Phi) is 3.13. The van der Waals surface area contributed by atoms with Gasteiger partial charge in [-0.15, -0.1) is 0 Å². The van der Waals surface area contributed by atoms with E-state index in [2.05, 4.69) is 0 Å². The summed E-state index contributed by atoms with van der Waals surface area (Å²) in [6.45, 7) is 0.0456. The van der Waals surface area contributed by atoms with Gasteiger partial charge in [-0.2, -0.15) is 13.2 Å². The molecule has 1 atom stereocenters. The Morgan fingerprint density at radius 3 is 2.50 bits per heavy atom. The monoisotopic (exact) mass is 205 g/mol. The van der Waals surface area contributed by atoms with E-state index in [-0.39, 0.29) is 11.6 Å². The maximum atomic E-state index is 12.2. The van der Waals surface area contributed by atoms with Gasteiger partial charge in [-0.05, 0) is 12.1 Å². The quantitative estimate of drug-likeness (QED) is 0.722. The molecule has 0 heterocycles. The fraction of sp³-hybridized carbons (Fsp3) is 0.333. The molecule has 1 unspecified atom stereocenters. The molecule has 5 heteroatoms. The van der Waals surface area contributed by atoms with Gasteiger partial charge in [0, 0.05) is 5.56 Å². The van der Waals surface area contributed by atoms with Gasteiger partial charge in [0.05, 0.1) is 12.6 Å². The van der Waals surface area contributed by atoms with Crippen molar-refractivity contribution in [2.45, 2.75) is 12.7 Å². The van der Waals surface area contributed by atoms with E-state index in [1.165, 1.54) is 19.2 Å². The smallest absolute Gasteiger partial charge is 0.416 e. The Morgan fingerprint density at radius 2 is 2.00 bits per heavy atom. The predicted molar refractivity (Wildman–Crippen MR) is 45.4 cm³/mol. The summed E-state index contributed by atoms with van der Waals surface area (Å²) < 4.78 is 36.7. The molecule has 0 spiro atoms. The second-order valence-electron chi connectivity index (χ2n) is 3.08. The number of halogens is 3. The first-order valence-electron chi connectivity index (χ1n) is 4.05. The molecule has 0 aliphatic carbocycles. The number of hydrogen-bond donors (Lipinski definition) is 1. The van der Waals surface area contributed by atoms with Crippen LogP contribution in [0.25, 0.3) is 0 Å². The Balaban J connectivity index is 2.90. The highest BCUT2D eigenvalue weighted by Gasteiger charge is 2.30. The summed E-state index contributed by atoms with van der Waals surface area (Å²) in [7, 11) is 1.35. The minimum atomic E-state index is -4.34. The maximum absolute atomic E-state index is 12.2. The van der Waals surface area contributed by atoms with E-state index in [0.29, 0.717) is 5.56 Å². The zero-order chi connectivity index (χ0) is 10.8. The highest BCUT2D eigenvalue weighted by molar-refractivity contribution is 5.24. The Bertz CT molecular complexity index is 309. The Labute approximate surface area is 79.5 Å². The average molecular weight is 205 g/mol. The minimum Gasteiger partial charge on any atom is -0.634 e. The van der Waals surface area contributed by atoms with Gasteiger partial charge in [-0.25, -0.2) is 0 Å². The second kappa shape index (κ2) is 3.98. The molecule has 0 amide bonds. The van der Waals surface area contributed by atoms with Crippen molar-refractivity contribution in [3.05, 3.63) is 40.6 Å². The van der Waals surface area contributed by atoms with E-state index in [4.69, 9.17) is 0 Å². The lowest BCUT2D eigenvalue weighted by molar-refractivity contribution is -0.840. The molecule has 0 bridgehead atoms. The fourth-order valence-electron chi connectivity index (χ4n) is 1.15. The summed E-state index contributed by atoms with van der Waals surface area (Å²) in [4.78, 5) is 0. The molecule has 14 heavy (non-hydrogen) atoms. The molecule has 0 saturated carbocycles. The van der Waals surface area contributed by atoms with Crippen molar-refractivity contribution in [1.29, 1.82) is 0 Å². The molecule has 2 nitrogen and oxygen atoms in total. The van der Waals surface area contributed by atoms with Crippen LogP contribution in [0.4, 0.5) is 13.2 Å². The summed E-state index contributed by atoms with van der Waals surface area (Å²) in [6.07, 6.45) is -4.34. The molecule has 0 aliphatic rings. The number of quaternary nitrogens is 1. The second-order valence-corrected chi connectivity index (χ2v) is 3.08. The summed E-state index contributed by atoms with van der Waals surface area (Å²) in [5.41, 5.74) is -0.316. The van der Waals surface area contributed by atoms with Crippen molar-refractivity contribution < 1.29 is 18.2 Å². The van der Waals surface area contributed by atoms with Crippen LogP contribution in [0.1, 0.15) is 11.1 Å². The fourth-order valence-corrected chi connectivity index (χ4v) is 1.15. The van der Waals surface area contributed by atoms with Crippen LogP contribution in [0.2, 0.25) is 0 Å². The summed E-state index contributed by atoms with van der Waals surface area (Å²) in [5.74, 6) is 0. The number of hydrogen-bond acceptors (Lipinski definition) is 1. The SMILES string of the molecule is C[NH+]([O-])Cc1cccc(C(F)(F)F)c1. The number of nitrogens with one attached hydrogen (secondary N) is 1. The molecular formula is C9H10F3NO. The standard InChI is InChI=1S/C9H10F3NO/c1-13(14)6-7-3-2-4-8(5-7)9(10,11)12/h2-5,13H,6H2,1H3. The lowest BCUT2D eigenvalue weighted by Gasteiger charge is -2.16. The van der Waals surface area contributed by atoms with Crippen molar-refractivity contribution in [1.82, 2.24) is 0 Å². The number of alkyl halides is 3. The van der Waals surface area contributed by atoms with Crippen LogP contribution in [-0.2, 0) is 12.7 Å². The van der Waals surface area contributed by atoms with Gasteiger partial charge >= 0.3 is 6.18 Å². The first-order chi connectivity index (χ1) is 6.39. The van der Waals surface area contributed by atoms with E-state index >= 15 is 0 Å². The highest BCUT2D eigenvalue weighted by Crippen LogP contribution is 2.29. The maximum Gasteiger partial charge on any atom is 0.416 e. The predicted octanol–water partition coefficient (Wildman–Crippen LogP) is 1.22. The highest BCUT2D eigenvalue weighted by atomic mass is 19.4. The molecule has 0 aliphatic heterocycles. The summed E-state index contributed by atoms with van der Waals surface area (Å²) >= 11 is 0. The molecule has 1 rings (SSSR count). The molecule has 1 aromatic rings. The molecule has 0 fully saturated rings. The van der Waals surface area contributed by atoms with Gasteiger partial charge in [0.2, 0.25) is 0 Å². The van der Waals surface area contributed by atoms with Crippen molar-refractivity contribution in [3.8, 4) is 0 Å². The van der Waals surface area contributed by atoms with Gasteiger partial charge < -0.3 is 10.3 Å². The topological polar surface area (TPSA) is 27.5 Å². The third kappa shape index (κ3) is 3.01. The van der Waals surface area contributed by atoms with Crippen LogP contribution >= 0.6 is 0 Å². The molecule has 0 radical (unpaired) electrons. The minimum absolute atomic E-state index is 0.0456. The van der Waals surface area contributed by atoms with Gasteiger partial charge in [0.15, 0.2) is 0 Å². The molecule has 1 N–H and O–H groups in total.